The highest BCUT2D eigenvalue weighted by atomic mass is 16.5. The number of carbonyl (C=O) groups is 1. The van der Waals surface area contributed by atoms with Gasteiger partial charge in [-0.25, -0.2) is 0 Å². The van der Waals surface area contributed by atoms with Gasteiger partial charge in [0.15, 0.2) is 0 Å². The Balaban J connectivity index is 1.93. The van der Waals surface area contributed by atoms with Crippen LogP contribution in [-0.2, 0) is 12.0 Å². The van der Waals surface area contributed by atoms with Gasteiger partial charge in [-0.05, 0) is 54.7 Å². The summed E-state index contributed by atoms with van der Waals surface area (Å²) in [5, 5.41) is 2.95. The lowest BCUT2D eigenvalue weighted by molar-refractivity contribution is 0.0951. The Kier molecular flexibility index (Phi) is 5.66. The zero-order chi connectivity index (χ0) is 17.7. The first-order valence-electron chi connectivity index (χ1n) is 8.40. The highest BCUT2D eigenvalue weighted by Gasteiger charge is 2.14. The first kappa shape index (κ1) is 18.1. The van der Waals surface area contributed by atoms with Crippen LogP contribution in [0.2, 0.25) is 0 Å². The molecule has 0 atom stereocenters. The maximum Gasteiger partial charge on any atom is 0.251 e. The Morgan fingerprint density at radius 2 is 1.58 bits per heavy atom. The summed E-state index contributed by atoms with van der Waals surface area (Å²) >= 11 is 0. The summed E-state index contributed by atoms with van der Waals surface area (Å²) < 4.78 is 5.62. The quantitative estimate of drug-likeness (QED) is 0.865. The molecular weight excluding hydrogens is 298 g/mol. The van der Waals surface area contributed by atoms with E-state index in [9.17, 15) is 4.79 Å². The van der Waals surface area contributed by atoms with E-state index in [0.717, 1.165) is 11.3 Å². The molecule has 0 saturated carbocycles. The average molecular weight is 325 g/mol. The summed E-state index contributed by atoms with van der Waals surface area (Å²) in [6.07, 6.45) is 0.159. The molecule has 0 aromatic heterocycles. The van der Waals surface area contributed by atoms with E-state index in [2.05, 4.69) is 26.1 Å². The second-order valence-electron chi connectivity index (χ2n) is 7.32. The highest BCUT2D eigenvalue weighted by Crippen LogP contribution is 2.22. The van der Waals surface area contributed by atoms with Crippen molar-refractivity contribution in [1.82, 2.24) is 5.32 Å². The van der Waals surface area contributed by atoms with Gasteiger partial charge in [0, 0.05) is 12.1 Å². The van der Waals surface area contributed by atoms with Gasteiger partial charge in [0.2, 0.25) is 0 Å². The molecule has 3 nitrogen and oxygen atoms in total. The fourth-order valence-electron chi connectivity index (χ4n) is 2.36. The van der Waals surface area contributed by atoms with Crippen molar-refractivity contribution in [3.8, 4) is 5.75 Å². The summed E-state index contributed by atoms with van der Waals surface area (Å²) in [6.45, 7) is 11.0. The number of hydrogen-bond donors (Lipinski definition) is 1. The molecule has 1 amide bonds. The van der Waals surface area contributed by atoms with E-state index in [1.54, 1.807) is 0 Å². The number of benzene rings is 2. The van der Waals surface area contributed by atoms with E-state index in [0.29, 0.717) is 12.1 Å². The maximum absolute atomic E-state index is 12.3. The molecule has 2 aromatic rings. The molecule has 2 rings (SSSR count). The molecule has 0 radical (unpaired) electrons. The normalized spacial score (nSPS) is 11.4. The van der Waals surface area contributed by atoms with Crippen LogP contribution in [0, 0.1) is 0 Å². The number of rotatable bonds is 5. The standard InChI is InChI=1S/C21H27NO2/c1-15(2)24-19-12-6-16(7-13-19)14-22-20(23)17-8-10-18(11-9-17)21(3,4)5/h6-13,15H,14H2,1-5H3,(H,22,23). The van der Waals surface area contributed by atoms with Crippen molar-refractivity contribution < 1.29 is 9.53 Å². The van der Waals surface area contributed by atoms with Crippen molar-refractivity contribution in [1.29, 1.82) is 0 Å². The molecule has 128 valence electrons. The summed E-state index contributed by atoms with van der Waals surface area (Å²) in [6, 6.07) is 15.6. The Morgan fingerprint density at radius 1 is 1.00 bits per heavy atom. The largest absolute Gasteiger partial charge is 0.491 e. The Labute approximate surface area is 145 Å². The second kappa shape index (κ2) is 7.52. The minimum Gasteiger partial charge on any atom is -0.491 e. The SMILES string of the molecule is CC(C)Oc1ccc(CNC(=O)c2ccc(C(C)(C)C)cc2)cc1. The molecule has 0 saturated heterocycles. The average Bonchev–Trinajstić information content (AvgIpc) is 2.52. The minimum atomic E-state index is -0.0574. The van der Waals surface area contributed by atoms with Crippen LogP contribution in [0.3, 0.4) is 0 Å². The van der Waals surface area contributed by atoms with E-state index >= 15 is 0 Å². The summed E-state index contributed by atoms with van der Waals surface area (Å²) in [7, 11) is 0. The van der Waals surface area contributed by atoms with Gasteiger partial charge in [-0.1, -0.05) is 45.0 Å². The maximum atomic E-state index is 12.3. The summed E-state index contributed by atoms with van der Waals surface area (Å²) in [5.74, 6) is 0.788. The van der Waals surface area contributed by atoms with Gasteiger partial charge in [-0.3, -0.25) is 4.79 Å². The molecule has 0 aliphatic carbocycles. The van der Waals surface area contributed by atoms with Gasteiger partial charge in [-0.15, -0.1) is 0 Å². The van der Waals surface area contributed by atoms with Crippen LogP contribution in [0.15, 0.2) is 48.5 Å². The van der Waals surface area contributed by atoms with Crippen LogP contribution in [0.25, 0.3) is 0 Å². The van der Waals surface area contributed by atoms with Crippen molar-refractivity contribution in [2.24, 2.45) is 0 Å². The van der Waals surface area contributed by atoms with Crippen LogP contribution < -0.4 is 10.1 Å². The molecule has 0 spiro atoms. The van der Waals surface area contributed by atoms with Crippen molar-refractivity contribution in [3.05, 3.63) is 65.2 Å². The minimum absolute atomic E-state index is 0.0574. The predicted molar refractivity (Wildman–Crippen MR) is 98.5 cm³/mol. The molecule has 0 aliphatic rings. The van der Waals surface area contributed by atoms with Gasteiger partial charge >= 0.3 is 0 Å². The molecule has 0 heterocycles. The Bertz CT molecular complexity index is 664. The Hall–Kier alpha value is -2.29. The molecule has 3 heteroatoms. The zero-order valence-corrected chi connectivity index (χ0v) is 15.2. The van der Waals surface area contributed by atoms with Crippen molar-refractivity contribution in [2.75, 3.05) is 0 Å². The van der Waals surface area contributed by atoms with Crippen molar-refractivity contribution in [3.63, 3.8) is 0 Å². The van der Waals surface area contributed by atoms with Gasteiger partial charge < -0.3 is 10.1 Å². The molecule has 0 bridgehead atoms. The van der Waals surface area contributed by atoms with Crippen LogP contribution in [0.1, 0.15) is 56.1 Å². The van der Waals surface area contributed by atoms with E-state index in [1.807, 2.05) is 62.4 Å². The van der Waals surface area contributed by atoms with Gasteiger partial charge in [0.25, 0.3) is 5.91 Å². The third kappa shape index (κ3) is 5.12. The number of hydrogen-bond acceptors (Lipinski definition) is 2. The zero-order valence-electron chi connectivity index (χ0n) is 15.2. The number of ether oxygens (including phenoxy) is 1. The van der Waals surface area contributed by atoms with Crippen LogP contribution >= 0.6 is 0 Å². The van der Waals surface area contributed by atoms with Gasteiger partial charge in [-0.2, -0.15) is 0 Å². The second-order valence-corrected chi connectivity index (χ2v) is 7.32. The summed E-state index contributed by atoms with van der Waals surface area (Å²) in [4.78, 5) is 12.3. The number of nitrogens with one attached hydrogen (secondary N) is 1. The third-order valence-electron chi connectivity index (χ3n) is 3.76. The lowest BCUT2D eigenvalue weighted by atomic mass is 9.87. The first-order chi connectivity index (χ1) is 11.3. The van der Waals surface area contributed by atoms with Crippen LogP contribution in [-0.4, -0.2) is 12.0 Å². The van der Waals surface area contributed by atoms with Crippen molar-refractivity contribution >= 4 is 5.91 Å². The lowest BCUT2D eigenvalue weighted by Gasteiger charge is -2.19. The molecule has 0 unspecified atom stereocenters. The lowest BCUT2D eigenvalue weighted by Crippen LogP contribution is -2.23. The molecule has 1 N–H and O–H groups in total. The molecular formula is C21H27NO2. The van der Waals surface area contributed by atoms with E-state index in [-0.39, 0.29) is 17.4 Å². The summed E-state index contributed by atoms with van der Waals surface area (Å²) in [5.41, 5.74) is 3.04. The number of amides is 1. The Morgan fingerprint density at radius 3 is 2.08 bits per heavy atom. The van der Waals surface area contributed by atoms with E-state index in [4.69, 9.17) is 4.74 Å². The molecule has 0 fully saturated rings. The fraction of sp³-hybridized carbons (Fsp3) is 0.381. The third-order valence-corrected chi connectivity index (χ3v) is 3.76. The van der Waals surface area contributed by atoms with Crippen LogP contribution in [0.4, 0.5) is 0 Å². The van der Waals surface area contributed by atoms with E-state index in [1.165, 1.54) is 5.56 Å². The fourth-order valence-corrected chi connectivity index (χ4v) is 2.36. The molecule has 0 aliphatic heterocycles. The molecule has 2 aromatic carbocycles. The number of carbonyl (C=O) groups excluding carboxylic acids is 1. The van der Waals surface area contributed by atoms with Crippen LogP contribution in [0.5, 0.6) is 5.75 Å². The monoisotopic (exact) mass is 325 g/mol. The van der Waals surface area contributed by atoms with Crippen molar-refractivity contribution in [2.45, 2.75) is 52.7 Å². The molecule has 24 heavy (non-hydrogen) atoms. The first-order valence-corrected chi connectivity index (χ1v) is 8.40. The highest BCUT2D eigenvalue weighted by molar-refractivity contribution is 5.94. The smallest absolute Gasteiger partial charge is 0.251 e. The topological polar surface area (TPSA) is 38.3 Å². The predicted octanol–water partition coefficient (Wildman–Crippen LogP) is 4.70. The van der Waals surface area contributed by atoms with Gasteiger partial charge in [0.1, 0.15) is 5.75 Å². The van der Waals surface area contributed by atoms with E-state index < -0.39 is 0 Å². The van der Waals surface area contributed by atoms with Gasteiger partial charge in [0.05, 0.1) is 6.10 Å².